The Bertz CT molecular complexity index is 210. The van der Waals surface area contributed by atoms with Gasteiger partial charge in [0.2, 0.25) is 0 Å². The van der Waals surface area contributed by atoms with E-state index in [1.165, 1.54) is 0 Å². The second-order valence-corrected chi connectivity index (χ2v) is 3.14. The van der Waals surface area contributed by atoms with Crippen LogP contribution >= 0.6 is 0 Å². The van der Waals surface area contributed by atoms with Gasteiger partial charge in [0, 0.05) is 11.6 Å². The SMILES string of the molecule is CC.CC1=CC(C)(C)C=CN=N1. The van der Waals surface area contributed by atoms with Crippen molar-refractivity contribution < 1.29 is 0 Å². The molecular formula is C10H18N2. The van der Waals surface area contributed by atoms with Crippen molar-refractivity contribution in [1.82, 2.24) is 0 Å². The van der Waals surface area contributed by atoms with E-state index in [9.17, 15) is 0 Å². The first-order valence-corrected chi connectivity index (χ1v) is 4.38. The van der Waals surface area contributed by atoms with Crippen LogP contribution in [0.15, 0.2) is 34.3 Å². The highest BCUT2D eigenvalue weighted by Crippen LogP contribution is 2.23. The first kappa shape index (κ1) is 11.1. The molecule has 2 heteroatoms. The molecule has 0 saturated heterocycles. The zero-order valence-electron chi connectivity index (χ0n) is 8.63. The summed E-state index contributed by atoms with van der Waals surface area (Å²) in [6.07, 6.45) is 5.88. The lowest BCUT2D eigenvalue weighted by atomic mass is 9.93. The molecule has 2 nitrogen and oxygen atoms in total. The van der Waals surface area contributed by atoms with Gasteiger partial charge in [0.15, 0.2) is 0 Å². The van der Waals surface area contributed by atoms with E-state index in [2.05, 4.69) is 30.2 Å². The maximum Gasteiger partial charge on any atom is 0.0568 e. The number of hydrogen-bond donors (Lipinski definition) is 0. The van der Waals surface area contributed by atoms with Gasteiger partial charge in [0.1, 0.15) is 0 Å². The molecule has 0 bridgehead atoms. The highest BCUT2D eigenvalue weighted by Gasteiger charge is 2.11. The third kappa shape index (κ3) is 4.06. The zero-order chi connectivity index (χ0) is 9.61. The molecule has 0 aliphatic carbocycles. The molecule has 1 aliphatic heterocycles. The summed E-state index contributed by atoms with van der Waals surface area (Å²) >= 11 is 0. The van der Waals surface area contributed by atoms with Crippen LogP contribution in [-0.2, 0) is 0 Å². The summed E-state index contributed by atoms with van der Waals surface area (Å²) in [5.74, 6) is 0. The van der Waals surface area contributed by atoms with E-state index in [-0.39, 0.29) is 5.41 Å². The van der Waals surface area contributed by atoms with Gasteiger partial charge in [-0.05, 0) is 6.92 Å². The number of azo groups is 1. The molecule has 0 radical (unpaired) electrons. The molecule has 0 aromatic carbocycles. The molecule has 1 heterocycles. The Morgan fingerprint density at radius 2 is 1.83 bits per heavy atom. The van der Waals surface area contributed by atoms with E-state index in [1.807, 2.05) is 26.8 Å². The molecule has 0 spiro atoms. The predicted molar refractivity (Wildman–Crippen MR) is 52.9 cm³/mol. The third-order valence-electron chi connectivity index (χ3n) is 1.37. The maximum absolute atomic E-state index is 3.92. The van der Waals surface area contributed by atoms with Gasteiger partial charge in [-0.2, -0.15) is 10.2 Å². The van der Waals surface area contributed by atoms with Crippen LogP contribution < -0.4 is 0 Å². The van der Waals surface area contributed by atoms with Crippen molar-refractivity contribution in [3.05, 3.63) is 24.0 Å². The fourth-order valence-electron chi connectivity index (χ4n) is 0.965. The second kappa shape index (κ2) is 4.86. The van der Waals surface area contributed by atoms with Gasteiger partial charge in [0.05, 0.1) is 5.70 Å². The highest BCUT2D eigenvalue weighted by molar-refractivity contribution is 5.13. The lowest BCUT2D eigenvalue weighted by molar-refractivity contribution is 0.621. The van der Waals surface area contributed by atoms with E-state index >= 15 is 0 Å². The largest absolute Gasteiger partial charge is 0.159 e. The highest BCUT2D eigenvalue weighted by atomic mass is 15.1. The molecule has 12 heavy (non-hydrogen) atoms. The Labute approximate surface area is 75.1 Å². The number of rotatable bonds is 0. The van der Waals surface area contributed by atoms with Crippen molar-refractivity contribution in [2.24, 2.45) is 15.6 Å². The van der Waals surface area contributed by atoms with Crippen LogP contribution in [0.3, 0.4) is 0 Å². The Balaban J connectivity index is 0.000000561. The van der Waals surface area contributed by atoms with Crippen LogP contribution in [0.2, 0.25) is 0 Å². The molecule has 0 atom stereocenters. The van der Waals surface area contributed by atoms with E-state index in [4.69, 9.17) is 0 Å². The Kier molecular flexibility index (Phi) is 4.49. The number of hydrogen-bond acceptors (Lipinski definition) is 2. The van der Waals surface area contributed by atoms with Crippen LogP contribution in [0.5, 0.6) is 0 Å². The summed E-state index contributed by atoms with van der Waals surface area (Å²) in [5.41, 5.74) is 1.09. The van der Waals surface area contributed by atoms with Gasteiger partial charge in [-0.25, -0.2) is 0 Å². The van der Waals surface area contributed by atoms with Crippen molar-refractivity contribution >= 4 is 0 Å². The summed E-state index contributed by atoms with van der Waals surface area (Å²) in [6, 6.07) is 0. The van der Waals surface area contributed by atoms with Crippen molar-refractivity contribution in [2.75, 3.05) is 0 Å². The average molecular weight is 166 g/mol. The normalized spacial score (nSPS) is 18.9. The van der Waals surface area contributed by atoms with Crippen LogP contribution in [0.25, 0.3) is 0 Å². The lowest BCUT2D eigenvalue weighted by Crippen LogP contribution is -2.01. The number of nitrogens with zero attached hydrogens (tertiary/aromatic N) is 2. The van der Waals surface area contributed by atoms with Gasteiger partial charge >= 0.3 is 0 Å². The lowest BCUT2D eigenvalue weighted by Gasteiger charge is -2.12. The van der Waals surface area contributed by atoms with Crippen LogP contribution in [0.1, 0.15) is 34.6 Å². The van der Waals surface area contributed by atoms with Crippen molar-refractivity contribution in [2.45, 2.75) is 34.6 Å². The molecule has 0 aromatic heterocycles. The van der Waals surface area contributed by atoms with Gasteiger partial charge < -0.3 is 0 Å². The number of allylic oxidation sites excluding steroid dienone is 3. The molecule has 68 valence electrons. The van der Waals surface area contributed by atoms with Crippen molar-refractivity contribution in [3.63, 3.8) is 0 Å². The zero-order valence-corrected chi connectivity index (χ0v) is 8.63. The minimum absolute atomic E-state index is 0.105. The molecule has 0 fully saturated rings. The fourth-order valence-corrected chi connectivity index (χ4v) is 0.965. The second-order valence-electron chi connectivity index (χ2n) is 3.14. The third-order valence-corrected chi connectivity index (χ3v) is 1.37. The molecule has 0 unspecified atom stereocenters. The minimum atomic E-state index is 0.105. The summed E-state index contributed by atoms with van der Waals surface area (Å²) in [7, 11) is 0. The van der Waals surface area contributed by atoms with Crippen LogP contribution in [-0.4, -0.2) is 0 Å². The van der Waals surface area contributed by atoms with Crippen molar-refractivity contribution in [3.8, 4) is 0 Å². The van der Waals surface area contributed by atoms with E-state index in [1.54, 1.807) is 6.20 Å². The Morgan fingerprint density at radius 3 is 2.42 bits per heavy atom. The topological polar surface area (TPSA) is 24.7 Å². The first-order valence-electron chi connectivity index (χ1n) is 4.38. The summed E-state index contributed by atoms with van der Waals surface area (Å²) in [4.78, 5) is 0. The first-order chi connectivity index (χ1) is 5.60. The quantitative estimate of drug-likeness (QED) is 0.521. The van der Waals surface area contributed by atoms with Gasteiger partial charge in [-0.3, -0.25) is 0 Å². The fraction of sp³-hybridized carbons (Fsp3) is 0.600. The molecule has 1 aliphatic rings. The molecule has 1 rings (SSSR count). The van der Waals surface area contributed by atoms with Gasteiger partial charge in [-0.15, -0.1) is 0 Å². The maximum atomic E-state index is 3.92. The average Bonchev–Trinajstić information content (AvgIpc) is 2.14. The standard InChI is InChI=1S/C8H12N2.C2H6/c1-7-6-8(2,3)4-5-9-10-7;1-2/h4-6H,1-3H3;1-2H3. The van der Waals surface area contributed by atoms with Gasteiger partial charge in [0.25, 0.3) is 0 Å². The smallest absolute Gasteiger partial charge is 0.0568 e. The van der Waals surface area contributed by atoms with Crippen LogP contribution in [0, 0.1) is 5.41 Å². The van der Waals surface area contributed by atoms with Crippen molar-refractivity contribution in [1.29, 1.82) is 0 Å². The summed E-state index contributed by atoms with van der Waals surface area (Å²) in [5, 5.41) is 7.74. The Hall–Kier alpha value is -0.920. The molecule has 0 N–H and O–H groups in total. The monoisotopic (exact) mass is 166 g/mol. The van der Waals surface area contributed by atoms with E-state index in [0.29, 0.717) is 0 Å². The van der Waals surface area contributed by atoms with Crippen LogP contribution in [0.4, 0.5) is 0 Å². The molecular weight excluding hydrogens is 148 g/mol. The molecule has 0 aromatic rings. The summed E-state index contributed by atoms with van der Waals surface area (Å²) < 4.78 is 0. The Morgan fingerprint density at radius 1 is 1.25 bits per heavy atom. The van der Waals surface area contributed by atoms with Gasteiger partial charge in [-0.1, -0.05) is 39.8 Å². The summed E-state index contributed by atoms with van der Waals surface area (Å²) in [6.45, 7) is 10.2. The van der Waals surface area contributed by atoms with E-state index in [0.717, 1.165) is 5.70 Å². The molecule has 0 saturated carbocycles. The van der Waals surface area contributed by atoms with E-state index < -0.39 is 0 Å². The predicted octanol–water partition coefficient (Wildman–Crippen LogP) is 3.92. The molecule has 0 amide bonds. The minimum Gasteiger partial charge on any atom is -0.159 e.